The standard InChI is InChI=1S/C19H17ClN2O3S/c1-19(2)17(23)16(12-7-10(9-21)3-5-14(12)25-19)22-18(24)13-8-11(20)4-6-15(13)26/h3-5,7-8,16-17,23H,6H2,1-2H3,(H,22,24)/t16-,17+/m0/s1. The molecule has 2 aliphatic rings. The predicted octanol–water partition coefficient (Wildman–Crippen LogP) is 3.07. The van der Waals surface area contributed by atoms with Crippen LogP contribution in [-0.4, -0.2) is 27.6 Å². The molecule has 0 fully saturated rings. The Morgan fingerprint density at radius 3 is 2.92 bits per heavy atom. The van der Waals surface area contributed by atoms with E-state index in [4.69, 9.17) is 33.8 Å². The number of amides is 1. The molecule has 0 unspecified atom stereocenters. The Hall–Kier alpha value is -2.20. The fourth-order valence-corrected chi connectivity index (χ4v) is 3.44. The van der Waals surface area contributed by atoms with Gasteiger partial charge in [-0.15, -0.1) is 0 Å². The van der Waals surface area contributed by atoms with Crippen molar-refractivity contribution in [2.24, 2.45) is 0 Å². The maximum Gasteiger partial charge on any atom is 0.253 e. The largest absolute Gasteiger partial charge is 0.485 e. The van der Waals surface area contributed by atoms with Crippen molar-refractivity contribution in [3.05, 3.63) is 52.1 Å². The minimum absolute atomic E-state index is 0.307. The molecule has 0 aromatic heterocycles. The topological polar surface area (TPSA) is 82.3 Å². The number of ether oxygens (including phenoxy) is 1. The summed E-state index contributed by atoms with van der Waals surface area (Å²) in [5, 5.41) is 23.2. The van der Waals surface area contributed by atoms with Crippen molar-refractivity contribution in [2.45, 2.75) is 38.0 Å². The lowest BCUT2D eigenvalue weighted by molar-refractivity contribution is -0.121. The molecule has 1 aromatic carbocycles. The number of aliphatic hydroxyl groups is 1. The lowest BCUT2D eigenvalue weighted by Crippen LogP contribution is -2.53. The smallest absolute Gasteiger partial charge is 0.253 e. The summed E-state index contributed by atoms with van der Waals surface area (Å²) in [6.07, 6.45) is 2.66. The number of benzene rings is 1. The second-order valence-corrected chi connectivity index (χ2v) is 7.67. The highest BCUT2D eigenvalue weighted by molar-refractivity contribution is 7.81. The third-order valence-electron chi connectivity index (χ3n) is 4.47. The maximum atomic E-state index is 12.8. The van der Waals surface area contributed by atoms with E-state index in [1.807, 2.05) is 0 Å². The molecule has 1 aliphatic carbocycles. The summed E-state index contributed by atoms with van der Waals surface area (Å²) >= 11 is 11.3. The number of nitrogens with one attached hydrogen (secondary N) is 1. The van der Waals surface area contributed by atoms with Crippen LogP contribution in [0.15, 0.2) is 41.0 Å². The molecule has 1 heterocycles. The first-order valence-corrected chi connectivity index (χ1v) is 8.84. The van der Waals surface area contributed by atoms with Gasteiger partial charge in [-0.25, -0.2) is 0 Å². The lowest BCUT2D eigenvalue weighted by Gasteiger charge is -2.42. The molecule has 5 nitrogen and oxygen atoms in total. The number of thiocarbonyl (C=S) groups is 1. The first kappa shape index (κ1) is 18.6. The molecule has 7 heteroatoms. The van der Waals surface area contributed by atoms with Gasteiger partial charge in [0, 0.05) is 21.9 Å². The van der Waals surface area contributed by atoms with E-state index in [1.165, 1.54) is 6.08 Å². The fourth-order valence-electron chi connectivity index (χ4n) is 3.01. The number of fused-ring (bicyclic) bond motifs is 1. The minimum Gasteiger partial charge on any atom is -0.485 e. The van der Waals surface area contributed by atoms with Crippen molar-refractivity contribution in [1.29, 1.82) is 5.26 Å². The summed E-state index contributed by atoms with van der Waals surface area (Å²) in [4.78, 5) is 13.3. The number of nitriles is 1. The average Bonchev–Trinajstić information content (AvgIpc) is 2.60. The van der Waals surface area contributed by atoms with Crippen LogP contribution in [0.4, 0.5) is 0 Å². The second kappa shape index (κ2) is 6.84. The van der Waals surface area contributed by atoms with E-state index < -0.39 is 23.7 Å². The van der Waals surface area contributed by atoms with Crippen molar-refractivity contribution in [1.82, 2.24) is 5.32 Å². The van der Waals surface area contributed by atoms with Crippen molar-refractivity contribution < 1.29 is 14.6 Å². The Bertz CT molecular complexity index is 899. The molecule has 0 saturated carbocycles. The number of halogens is 1. The van der Waals surface area contributed by atoms with Gasteiger partial charge in [0.1, 0.15) is 17.5 Å². The summed E-state index contributed by atoms with van der Waals surface area (Å²) in [5.41, 5.74) is 0.352. The van der Waals surface area contributed by atoms with E-state index in [-0.39, 0.29) is 0 Å². The second-order valence-electron chi connectivity index (χ2n) is 6.74. The molecule has 0 bridgehead atoms. The third kappa shape index (κ3) is 3.38. The summed E-state index contributed by atoms with van der Waals surface area (Å²) < 4.78 is 5.85. The molecule has 1 aromatic rings. The number of carbonyl (C=O) groups is 1. The normalized spacial score (nSPS) is 23.7. The van der Waals surface area contributed by atoms with Crippen LogP contribution < -0.4 is 10.1 Å². The van der Waals surface area contributed by atoms with Gasteiger partial charge in [0.25, 0.3) is 5.91 Å². The van der Waals surface area contributed by atoms with Crippen LogP contribution in [0.2, 0.25) is 0 Å². The van der Waals surface area contributed by atoms with Gasteiger partial charge in [0.2, 0.25) is 0 Å². The van der Waals surface area contributed by atoms with Crippen LogP contribution in [0.3, 0.4) is 0 Å². The van der Waals surface area contributed by atoms with E-state index in [1.54, 1.807) is 38.1 Å². The number of aliphatic hydroxyl groups excluding tert-OH is 1. The van der Waals surface area contributed by atoms with Crippen LogP contribution >= 0.6 is 23.8 Å². The van der Waals surface area contributed by atoms with Crippen molar-refractivity contribution >= 4 is 34.6 Å². The Kier molecular flexibility index (Phi) is 4.89. The van der Waals surface area contributed by atoms with Crippen LogP contribution in [-0.2, 0) is 4.79 Å². The van der Waals surface area contributed by atoms with Gasteiger partial charge in [-0.05, 0) is 38.1 Å². The number of allylic oxidation sites excluding steroid dienone is 3. The van der Waals surface area contributed by atoms with Gasteiger partial charge in [-0.2, -0.15) is 5.26 Å². The summed E-state index contributed by atoms with van der Waals surface area (Å²) in [6, 6.07) is 6.22. The molecule has 26 heavy (non-hydrogen) atoms. The molecule has 3 rings (SSSR count). The van der Waals surface area contributed by atoms with Gasteiger partial charge in [-0.3, -0.25) is 4.79 Å². The molecule has 1 amide bonds. The van der Waals surface area contributed by atoms with Crippen LogP contribution in [0.25, 0.3) is 0 Å². The third-order valence-corrected chi connectivity index (χ3v) is 5.12. The molecule has 0 radical (unpaired) electrons. The number of carbonyl (C=O) groups excluding carboxylic acids is 1. The van der Waals surface area contributed by atoms with Crippen LogP contribution in [0, 0.1) is 11.3 Å². The highest BCUT2D eigenvalue weighted by Crippen LogP contribution is 2.40. The Morgan fingerprint density at radius 2 is 2.23 bits per heavy atom. The Labute approximate surface area is 161 Å². The first-order chi connectivity index (χ1) is 12.2. The van der Waals surface area contributed by atoms with Gasteiger partial charge in [0.05, 0.1) is 23.2 Å². The summed E-state index contributed by atoms with van der Waals surface area (Å²) in [7, 11) is 0. The molecule has 0 spiro atoms. The van der Waals surface area contributed by atoms with Crippen LogP contribution in [0.5, 0.6) is 5.75 Å². The average molecular weight is 389 g/mol. The number of rotatable bonds is 2. The number of hydrogen-bond acceptors (Lipinski definition) is 5. The van der Waals surface area contributed by atoms with Crippen molar-refractivity contribution in [3.8, 4) is 11.8 Å². The maximum absolute atomic E-state index is 12.8. The molecule has 134 valence electrons. The van der Waals surface area contributed by atoms with Gasteiger partial charge < -0.3 is 15.2 Å². The predicted molar refractivity (Wildman–Crippen MR) is 102 cm³/mol. The zero-order valence-corrected chi connectivity index (χ0v) is 15.8. The summed E-state index contributed by atoms with van der Waals surface area (Å²) in [5.74, 6) is 0.0963. The van der Waals surface area contributed by atoms with Crippen molar-refractivity contribution in [3.63, 3.8) is 0 Å². The van der Waals surface area contributed by atoms with Crippen LogP contribution in [0.1, 0.15) is 37.4 Å². The van der Waals surface area contributed by atoms with Crippen molar-refractivity contribution in [2.75, 3.05) is 0 Å². The molecular weight excluding hydrogens is 372 g/mol. The SMILES string of the molecule is CC1(C)Oc2ccc(C#N)cc2[C@H](NC(=O)C2=CC(Cl)=CCC2=S)[C@H]1O. The van der Waals surface area contributed by atoms with Gasteiger partial charge >= 0.3 is 0 Å². The van der Waals surface area contributed by atoms with E-state index in [0.29, 0.717) is 38.8 Å². The molecule has 0 saturated heterocycles. The van der Waals surface area contributed by atoms with E-state index in [9.17, 15) is 9.90 Å². The van der Waals surface area contributed by atoms with E-state index in [2.05, 4.69) is 11.4 Å². The monoisotopic (exact) mass is 388 g/mol. The Balaban J connectivity index is 1.98. The molecule has 1 aliphatic heterocycles. The zero-order valence-electron chi connectivity index (χ0n) is 14.2. The van der Waals surface area contributed by atoms with E-state index >= 15 is 0 Å². The van der Waals surface area contributed by atoms with E-state index in [0.717, 1.165) is 0 Å². The fraction of sp³-hybridized carbons (Fsp3) is 0.316. The number of nitrogens with zero attached hydrogens (tertiary/aromatic N) is 1. The summed E-state index contributed by atoms with van der Waals surface area (Å²) in [6.45, 7) is 3.48. The highest BCUT2D eigenvalue weighted by atomic mass is 35.5. The minimum atomic E-state index is -1.02. The molecule has 2 N–H and O–H groups in total. The molecular formula is C19H17ClN2O3S. The molecule has 2 atom stereocenters. The number of hydrogen-bond donors (Lipinski definition) is 2. The Morgan fingerprint density at radius 1 is 1.50 bits per heavy atom. The highest BCUT2D eigenvalue weighted by Gasteiger charge is 2.44. The van der Waals surface area contributed by atoms with Gasteiger partial charge in [-0.1, -0.05) is 29.9 Å². The quantitative estimate of drug-likeness (QED) is 0.761. The zero-order chi connectivity index (χ0) is 19.1. The first-order valence-electron chi connectivity index (χ1n) is 8.05. The lowest BCUT2D eigenvalue weighted by atomic mass is 9.85. The van der Waals surface area contributed by atoms with Gasteiger partial charge in [0.15, 0.2) is 0 Å².